The van der Waals surface area contributed by atoms with Gasteiger partial charge in [0.1, 0.15) is 0 Å². The number of allylic oxidation sites excluding steroid dienone is 9. The molecule has 1 aromatic heterocycles. The fourth-order valence-electron chi connectivity index (χ4n) is 3.47. The Morgan fingerprint density at radius 3 is 2.80 bits per heavy atom. The van der Waals surface area contributed by atoms with Crippen LogP contribution in [0.1, 0.15) is 16.9 Å². The van der Waals surface area contributed by atoms with Crippen LogP contribution < -0.4 is 24.8 Å². The first-order valence-electron chi connectivity index (χ1n) is 7.75. The van der Waals surface area contributed by atoms with Gasteiger partial charge in [0.2, 0.25) is 0 Å². The summed E-state index contributed by atoms with van der Waals surface area (Å²) in [6.07, 6.45) is 17.6. The molecule has 1 unspecified atom stereocenters. The minimum Gasteiger partial charge on any atom is -1.00 e. The Kier molecular flexibility index (Phi) is 6.13. The van der Waals surface area contributed by atoms with Crippen LogP contribution in [0.5, 0.6) is 0 Å². The molecule has 3 aliphatic carbocycles. The molecule has 1 atom stereocenters. The van der Waals surface area contributed by atoms with Crippen molar-refractivity contribution < 1.29 is 48.0 Å². The molecule has 0 nitrogen and oxygen atoms in total. The molecule has 0 saturated heterocycles. The maximum atomic E-state index is 3.62. The van der Waals surface area contributed by atoms with Gasteiger partial charge >= 0.3 is 161 Å². The van der Waals surface area contributed by atoms with Crippen molar-refractivity contribution in [1.82, 2.24) is 0 Å². The van der Waals surface area contributed by atoms with E-state index >= 15 is 0 Å². The van der Waals surface area contributed by atoms with Gasteiger partial charge in [0, 0.05) is 0 Å². The molecule has 124 valence electrons. The maximum absolute atomic E-state index is 3.62. The number of fused-ring (bicyclic) bond motifs is 5. The molecule has 5 rings (SSSR count). The average Bonchev–Trinajstić information content (AvgIpc) is 3.24. The first kappa shape index (κ1) is 19.6. The van der Waals surface area contributed by atoms with Gasteiger partial charge in [-0.3, -0.25) is 0 Å². The zero-order valence-electron chi connectivity index (χ0n) is 13.1. The number of rotatable bonds is 2. The molecular weight excluding hydrogens is 514 g/mol. The van der Waals surface area contributed by atoms with Crippen LogP contribution in [0, 0.1) is 0 Å². The van der Waals surface area contributed by atoms with E-state index in [0.717, 1.165) is 0 Å². The Morgan fingerprint density at radius 2 is 2.00 bits per heavy atom. The zero-order valence-corrected chi connectivity index (χ0v) is 19.5. The number of halogens is 3. The fraction of sp³-hybridized carbons (Fsp3) is 0.100. The minimum atomic E-state index is -0.578. The maximum Gasteiger partial charge on any atom is -1.00 e. The van der Waals surface area contributed by atoms with Crippen molar-refractivity contribution in [2.24, 2.45) is 0 Å². The third-order valence-electron chi connectivity index (χ3n) is 4.56. The summed E-state index contributed by atoms with van der Waals surface area (Å²) in [4.78, 5) is 1.47. The Balaban J connectivity index is 0.000000911. The molecule has 1 heterocycles. The van der Waals surface area contributed by atoms with Crippen LogP contribution in [0.15, 0.2) is 68.0 Å². The summed E-state index contributed by atoms with van der Waals surface area (Å²) in [5.41, 5.74) is 4.51. The SMILES string of the molecule is Brc1ccc2sc3c(c2c1)C=C1C3=CC=C[CH]1[Zr+2][C]1=CC=CC1.[Cl-].[Cl-]. The van der Waals surface area contributed by atoms with Gasteiger partial charge in [0.05, 0.1) is 0 Å². The topological polar surface area (TPSA) is 0 Å². The predicted molar refractivity (Wildman–Crippen MR) is 100 cm³/mol. The quantitative estimate of drug-likeness (QED) is 0.541. The van der Waals surface area contributed by atoms with E-state index in [0.29, 0.717) is 3.63 Å². The van der Waals surface area contributed by atoms with Crippen molar-refractivity contribution in [1.29, 1.82) is 0 Å². The predicted octanol–water partition coefficient (Wildman–Crippen LogP) is 0.737. The second-order valence-electron chi connectivity index (χ2n) is 6.00. The van der Waals surface area contributed by atoms with Gasteiger partial charge < -0.3 is 24.8 Å². The summed E-state index contributed by atoms with van der Waals surface area (Å²) in [5, 5.41) is 1.40. The van der Waals surface area contributed by atoms with E-state index in [9.17, 15) is 0 Å². The van der Waals surface area contributed by atoms with Crippen LogP contribution in [-0.4, -0.2) is 0 Å². The van der Waals surface area contributed by atoms with Crippen molar-refractivity contribution >= 4 is 49.0 Å². The summed E-state index contributed by atoms with van der Waals surface area (Å²) >= 11 is 4.99. The first-order chi connectivity index (χ1) is 11.3. The van der Waals surface area contributed by atoms with Gasteiger partial charge in [-0.1, -0.05) is 0 Å². The van der Waals surface area contributed by atoms with Crippen LogP contribution in [-0.2, 0) is 23.2 Å². The third-order valence-corrected chi connectivity index (χ3v) is 10.1. The van der Waals surface area contributed by atoms with Crippen molar-refractivity contribution in [2.75, 3.05) is 0 Å². The Bertz CT molecular complexity index is 995. The summed E-state index contributed by atoms with van der Waals surface area (Å²) in [6, 6.07) is 6.65. The van der Waals surface area contributed by atoms with Crippen molar-refractivity contribution in [3.05, 3.63) is 78.4 Å². The molecule has 0 fully saturated rings. The van der Waals surface area contributed by atoms with E-state index in [1.165, 1.54) is 37.0 Å². The van der Waals surface area contributed by atoms with E-state index in [2.05, 4.69) is 76.7 Å². The summed E-state index contributed by atoms with van der Waals surface area (Å²) < 4.78 is 4.96. The molecule has 0 saturated carbocycles. The molecule has 2 aromatic rings. The van der Waals surface area contributed by atoms with Crippen molar-refractivity contribution in [3.63, 3.8) is 0 Å². The molecule has 0 radical (unpaired) electrons. The van der Waals surface area contributed by atoms with Crippen LogP contribution in [0.25, 0.3) is 21.7 Å². The number of hydrogen-bond acceptors (Lipinski definition) is 1. The Morgan fingerprint density at radius 1 is 1.12 bits per heavy atom. The smallest absolute Gasteiger partial charge is 1.00 e. The summed E-state index contributed by atoms with van der Waals surface area (Å²) in [6.45, 7) is 0. The van der Waals surface area contributed by atoms with Crippen LogP contribution >= 0.6 is 27.3 Å². The van der Waals surface area contributed by atoms with Gasteiger partial charge in [0.25, 0.3) is 0 Å². The standard InChI is InChI=1S/C15H8BrS.C5H5.2ClH.Zr/c16-10-5-6-14-12(8-10)13-7-9-3-1-2-4-11(9)15(13)17-14;1-2-4-5-3-1;;;/h1-8H;1-3H,4H2;2*1H;/q;;;;+2/p-2. The van der Waals surface area contributed by atoms with E-state index < -0.39 is 23.2 Å². The van der Waals surface area contributed by atoms with E-state index in [1.807, 2.05) is 11.3 Å². The minimum absolute atomic E-state index is 0. The van der Waals surface area contributed by atoms with Gasteiger partial charge in [-0.2, -0.15) is 0 Å². The average molecular weight is 527 g/mol. The van der Waals surface area contributed by atoms with E-state index in [1.54, 1.807) is 8.85 Å². The number of thiophene rings is 1. The van der Waals surface area contributed by atoms with Gasteiger partial charge in [0.15, 0.2) is 0 Å². The fourth-order valence-corrected chi connectivity index (χ4v) is 8.56. The van der Waals surface area contributed by atoms with E-state index in [-0.39, 0.29) is 24.8 Å². The number of hydrogen-bond donors (Lipinski definition) is 0. The van der Waals surface area contributed by atoms with Crippen molar-refractivity contribution in [3.8, 4) is 0 Å². The van der Waals surface area contributed by atoms with Crippen LogP contribution in [0.3, 0.4) is 0 Å². The van der Waals surface area contributed by atoms with Crippen molar-refractivity contribution in [2.45, 2.75) is 10.0 Å². The zero-order chi connectivity index (χ0) is 15.4. The molecule has 0 aliphatic heterocycles. The molecule has 0 N–H and O–H groups in total. The molecule has 1 aromatic carbocycles. The van der Waals surface area contributed by atoms with Gasteiger partial charge in [-0.15, -0.1) is 0 Å². The second kappa shape index (κ2) is 7.82. The number of benzene rings is 1. The molecular formula is C20H13BrCl2SZr. The Labute approximate surface area is 184 Å². The molecule has 25 heavy (non-hydrogen) atoms. The van der Waals surface area contributed by atoms with E-state index in [4.69, 9.17) is 0 Å². The molecule has 0 bridgehead atoms. The molecule has 3 aliphatic rings. The molecule has 0 amide bonds. The Hall–Kier alpha value is -0.177. The summed E-state index contributed by atoms with van der Waals surface area (Å²) in [5.74, 6) is 0. The van der Waals surface area contributed by atoms with Crippen LogP contribution in [0.4, 0.5) is 0 Å². The summed E-state index contributed by atoms with van der Waals surface area (Å²) in [7, 11) is 0. The van der Waals surface area contributed by atoms with Gasteiger partial charge in [-0.05, 0) is 0 Å². The largest absolute Gasteiger partial charge is 1.00 e. The first-order valence-corrected chi connectivity index (χ1v) is 12.0. The molecule has 0 spiro atoms. The molecule has 5 heteroatoms. The second-order valence-corrected chi connectivity index (χ2v) is 11.8. The monoisotopic (exact) mass is 524 g/mol. The third kappa shape index (κ3) is 3.39. The van der Waals surface area contributed by atoms with Crippen LogP contribution in [0.2, 0.25) is 3.63 Å². The normalized spacial score (nSPS) is 19.2. The van der Waals surface area contributed by atoms with Gasteiger partial charge in [-0.25, -0.2) is 0 Å².